The molecule has 15 heavy (non-hydrogen) atoms. The molecule has 0 aliphatic carbocycles. The third kappa shape index (κ3) is 2.21. The molecule has 1 aromatic heterocycles. The van der Waals surface area contributed by atoms with Gasteiger partial charge in [-0.05, 0) is 18.1 Å². The molecule has 1 N–H and O–H groups in total. The predicted molar refractivity (Wildman–Crippen MR) is 57.2 cm³/mol. The van der Waals surface area contributed by atoms with Crippen molar-refractivity contribution in [2.24, 2.45) is 5.92 Å². The number of H-pyrrole nitrogens is 1. The SMILES string of the molecule is CC(C)COc1ccc2oc(=O)[nH]c2c1. The van der Waals surface area contributed by atoms with Gasteiger partial charge in [-0.3, -0.25) is 4.98 Å². The Morgan fingerprint density at radius 1 is 1.47 bits per heavy atom. The molecule has 0 unspecified atom stereocenters. The Balaban J connectivity index is 2.26. The Labute approximate surface area is 86.9 Å². The van der Waals surface area contributed by atoms with Crippen LogP contribution in [0.2, 0.25) is 0 Å². The Hall–Kier alpha value is -1.71. The topological polar surface area (TPSA) is 55.2 Å². The number of hydrogen-bond donors (Lipinski definition) is 1. The van der Waals surface area contributed by atoms with Gasteiger partial charge in [0.15, 0.2) is 5.58 Å². The van der Waals surface area contributed by atoms with Crippen molar-refractivity contribution in [3.05, 3.63) is 28.7 Å². The first kappa shape index (κ1) is 9.83. The van der Waals surface area contributed by atoms with E-state index in [1.165, 1.54) is 0 Å². The summed E-state index contributed by atoms with van der Waals surface area (Å²) in [5.41, 5.74) is 1.22. The van der Waals surface area contributed by atoms with Gasteiger partial charge in [-0.15, -0.1) is 0 Å². The molecule has 0 atom stereocenters. The third-order valence-corrected chi connectivity index (χ3v) is 1.97. The van der Waals surface area contributed by atoms with Crippen molar-refractivity contribution in [2.45, 2.75) is 13.8 Å². The molecule has 0 saturated heterocycles. The van der Waals surface area contributed by atoms with E-state index in [4.69, 9.17) is 9.15 Å². The maximum absolute atomic E-state index is 10.9. The van der Waals surface area contributed by atoms with Crippen LogP contribution in [0.25, 0.3) is 11.1 Å². The van der Waals surface area contributed by atoms with Gasteiger partial charge in [-0.2, -0.15) is 0 Å². The Morgan fingerprint density at radius 3 is 3.00 bits per heavy atom. The lowest BCUT2D eigenvalue weighted by molar-refractivity contribution is 0.271. The van der Waals surface area contributed by atoms with Crippen LogP contribution < -0.4 is 10.5 Å². The van der Waals surface area contributed by atoms with Gasteiger partial charge in [0.05, 0.1) is 12.1 Å². The molecule has 0 spiro atoms. The second kappa shape index (κ2) is 3.81. The molecule has 1 aromatic carbocycles. The zero-order valence-electron chi connectivity index (χ0n) is 8.74. The summed E-state index contributed by atoms with van der Waals surface area (Å²) in [5, 5.41) is 0. The maximum atomic E-state index is 10.9. The van der Waals surface area contributed by atoms with Crippen molar-refractivity contribution < 1.29 is 9.15 Å². The number of aromatic nitrogens is 1. The van der Waals surface area contributed by atoms with Crippen molar-refractivity contribution in [2.75, 3.05) is 6.61 Å². The van der Waals surface area contributed by atoms with Crippen molar-refractivity contribution in [3.8, 4) is 5.75 Å². The van der Waals surface area contributed by atoms with Crippen molar-refractivity contribution in [3.63, 3.8) is 0 Å². The molecular weight excluding hydrogens is 194 g/mol. The first-order valence-corrected chi connectivity index (χ1v) is 4.91. The van der Waals surface area contributed by atoms with E-state index in [2.05, 4.69) is 18.8 Å². The average Bonchev–Trinajstić information content (AvgIpc) is 2.53. The third-order valence-electron chi connectivity index (χ3n) is 1.97. The minimum Gasteiger partial charge on any atom is -0.493 e. The van der Waals surface area contributed by atoms with Crippen LogP contribution in [0.15, 0.2) is 27.4 Å². The molecule has 2 rings (SSSR count). The van der Waals surface area contributed by atoms with Crippen LogP contribution in [0, 0.1) is 5.92 Å². The number of ether oxygens (including phenoxy) is 1. The van der Waals surface area contributed by atoms with Crippen LogP contribution in [0.1, 0.15) is 13.8 Å². The quantitative estimate of drug-likeness (QED) is 0.839. The molecule has 80 valence electrons. The number of fused-ring (bicyclic) bond motifs is 1. The molecule has 0 saturated carbocycles. The molecule has 0 aliphatic heterocycles. The summed E-state index contributed by atoms with van der Waals surface area (Å²) in [6.45, 7) is 4.82. The highest BCUT2D eigenvalue weighted by atomic mass is 16.5. The number of oxazole rings is 1. The normalized spacial score (nSPS) is 11.1. The summed E-state index contributed by atoms with van der Waals surface area (Å²) in [6, 6.07) is 5.28. The van der Waals surface area contributed by atoms with Crippen LogP contribution in [0.5, 0.6) is 5.75 Å². The molecule has 2 aromatic rings. The number of aromatic amines is 1. The highest BCUT2D eigenvalue weighted by molar-refractivity contribution is 5.73. The maximum Gasteiger partial charge on any atom is 0.417 e. The van der Waals surface area contributed by atoms with Gasteiger partial charge in [0, 0.05) is 6.07 Å². The smallest absolute Gasteiger partial charge is 0.417 e. The Morgan fingerprint density at radius 2 is 2.27 bits per heavy atom. The van der Waals surface area contributed by atoms with E-state index < -0.39 is 5.76 Å². The second-order valence-electron chi connectivity index (χ2n) is 3.88. The molecule has 0 aliphatic rings. The molecule has 0 radical (unpaired) electrons. The van der Waals surface area contributed by atoms with Gasteiger partial charge >= 0.3 is 5.76 Å². The minimum atomic E-state index is -0.439. The summed E-state index contributed by atoms with van der Waals surface area (Å²) in [6.07, 6.45) is 0. The van der Waals surface area contributed by atoms with Gasteiger partial charge in [-0.1, -0.05) is 13.8 Å². The zero-order valence-corrected chi connectivity index (χ0v) is 8.74. The molecule has 0 amide bonds. The van der Waals surface area contributed by atoms with Crippen LogP contribution in [0.3, 0.4) is 0 Å². The standard InChI is InChI=1S/C11H13NO3/c1-7(2)6-14-8-3-4-10-9(5-8)12-11(13)15-10/h3-5,7H,6H2,1-2H3,(H,12,13). The summed E-state index contributed by atoms with van der Waals surface area (Å²) < 4.78 is 10.4. The van der Waals surface area contributed by atoms with Crippen LogP contribution in [0.4, 0.5) is 0 Å². The monoisotopic (exact) mass is 207 g/mol. The Bertz CT molecular complexity index is 510. The molecule has 4 nitrogen and oxygen atoms in total. The predicted octanol–water partition coefficient (Wildman–Crippen LogP) is 2.16. The van der Waals surface area contributed by atoms with Crippen molar-refractivity contribution >= 4 is 11.1 Å². The fourth-order valence-electron chi connectivity index (χ4n) is 1.28. The van der Waals surface area contributed by atoms with Crippen LogP contribution >= 0.6 is 0 Å². The largest absolute Gasteiger partial charge is 0.493 e. The van der Waals surface area contributed by atoms with E-state index in [-0.39, 0.29) is 0 Å². The van der Waals surface area contributed by atoms with Crippen molar-refractivity contribution in [1.82, 2.24) is 4.98 Å². The summed E-state index contributed by atoms with van der Waals surface area (Å²) in [7, 11) is 0. The van der Waals surface area contributed by atoms with Gasteiger partial charge in [-0.25, -0.2) is 4.79 Å². The Kier molecular flexibility index (Phi) is 2.49. The molecule has 4 heteroatoms. The summed E-state index contributed by atoms with van der Waals surface area (Å²) in [5.74, 6) is 0.781. The summed E-state index contributed by atoms with van der Waals surface area (Å²) >= 11 is 0. The minimum absolute atomic E-state index is 0.439. The zero-order chi connectivity index (χ0) is 10.8. The molecule has 0 fully saturated rings. The van der Waals surface area contributed by atoms with Crippen molar-refractivity contribution in [1.29, 1.82) is 0 Å². The summed E-state index contributed by atoms with van der Waals surface area (Å²) in [4.78, 5) is 13.5. The van der Waals surface area contributed by atoms with Gasteiger partial charge in [0.25, 0.3) is 0 Å². The highest BCUT2D eigenvalue weighted by Gasteiger charge is 2.03. The lowest BCUT2D eigenvalue weighted by Crippen LogP contribution is -2.04. The molecule has 0 bridgehead atoms. The molecule has 1 heterocycles. The first-order chi connectivity index (χ1) is 7.15. The van der Waals surface area contributed by atoms with Crippen LogP contribution in [-0.4, -0.2) is 11.6 Å². The van der Waals surface area contributed by atoms with E-state index >= 15 is 0 Å². The second-order valence-corrected chi connectivity index (χ2v) is 3.88. The van der Waals surface area contributed by atoms with Crippen LogP contribution in [-0.2, 0) is 0 Å². The highest BCUT2D eigenvalue weighted by Crippen LogP contribution is 2.18. The lowest BCUT2D eigenvalue weighted by Gasteiger charge is -2.07. The van der Waals surface area contributed by atoms with E-state index in [0.29, 0.717) is 23.6 Å². The number of nitrogens with one attached hydrogen (secondary N) is 1. The average molecular weight is 207 g/mol. The fourth-order valence-corrected chi connectivity index (χ4v) is 1.28. The first-order valence-electron chi connectivity index (χ1n) is 4.91. The van der Waals surface area contributed by atoms with Gasteiger partial charge in [0.2, 0.25) is 0 Å². The van der Waals surface area contributed by atoms with E-state index in [1.807, 2.05) is 0 Å². The number of benzene rings is 1. The lowest BCUT2D eigenvalue weighted by atomic mass is 10.2. The fraction of sp³-hybridized carbons (Fsp3) is 0.364. The van der Waals surface area contributed by atoms with Gasteiger partial charge in [0.1, 0.15) is 5.75 Å². The number of rotatable bonds is 3. The molecular formula is C11H13NO3. The van der Waals surface area contributed by atoms with E-state index in [0.717, 1.165) is 5.75 Å². The van der Waals surface area contributed by atoms with Gasteiger partial charge < -0.3 is 9.15 Å². The number of hydrogen-bond acceptors (Lipinski definition) is 3. The van der Waals surface area contributed by atoms with E-state index in [1.54, 1.807) is 18.2 Å². The van der Waals surface area contributed by atoms with E-state index in [9.17, 15) is 4.79 Å².